The largest absolute Gasteiger partial charge is 0.497 e. The molecule has 2 rings (SSSR count). The fourth-order valence-electron chi connectivity index (χ4n) is 1.52. The summed E-state index contributed by atoms with van der Waals surface area (Å²) < 4.78 is 5.09. The average Bonchev–Trinajstić information content (AvgIpc) is 2.42. The molecule has 0 aromatic heterocycles. The van der Waals surface area contributed by atoms with Gasteiger partial charge in [0, 0.05) is 17.3 Å². The van der Waals surface area contributed by atoms with Crippen LogP contribution in [-0.2, 0) is 6.54 Å². The number of methoxy groups -OCH3 is 1. The second kappa shape index (κ2) is 6.28. The number of hydrogen-bond acceptors (Lipinski definition) is 3. The van der Waals surface area contributed by atoms with Crippen LogP contribution in [-0.4, -0.2) is 7.11 Å². The van der Waals surface area contributed by atoms with Gasteiger partial charge in [-0.2, -0.15) is 0 Å². The van der Waals surface area contributed by atoms with Crippen LogP contribution in [0.2, 0.25) is 5.02 Å². The molecule has 0 aliphatic rings. The van der Waals surface area contributed by atoms with Gasteiger partial charge in [-0.25, -0.2) is 5.43 Å². The van der Waals surface area contributed by atoms with Gasteiger partial charge in [-0.3, -0.25) is 0 Å². The molecule has 2 aromatic rings. The van der Waals surface area contributed by atoms with Gasteiger partial charge in [0.15, 0.2) is 0 Å². The van der Waals surface area contributed by atoms with Crippen molar-refractivity contribution in [2.75, 3.05) is 12.5 Å². The fraction of sp³-hybridized carbons (Fsp3) is 0.143. The highest BCUT2D eigenvalue weighted by molar-refractivity contribution is 6.30. The van der Waals surface area contributed by atoms with Gasteiger partial charge in [0.2, 0.25) is 0 Å². The molecule has 0 unspecified atom stereocenters. The van der Waals surface area contributed by atoms with Crippen LogP contribution in [0.25, 0.3) is 0 Å². The van der Waals surface area contributed by atoms with Gasteiger partial charge in [-0.15, -0.1) is 0 Å². The summed E-state index contributed by atoms with van der Waals surface area (Å²) >= 11 is 5.82. The topological polar surface area (TPSA) is 33.3 Å². The molecule has 0 aliphatic heterocycles. The summed E-state index contributed by atoms with van der Waals surface area (Å²) in [5, 5.41) is 0.752. The summed E-state index contributed by atoms with van der Waals surface area (Å²) in [7, 11) is 1.65. The molecule has 3 nitrogen and oxygen atoms in total. The van der Waals surface area contributed by atoms with Crippen LogP contribution in [0.15, 0.2) is 48.5 Å². The maximum atomic E-state index is 5.82. The van der Waals surface area contributed by atoms with E-state index in [0.29, 0.717) is 0 Å². The maximum absolute atomic E-state index is 5.82. The third-order valence-electron chi connectivity index (χ3n) is 2.53. The van der Waals surface area contributed by atoms with Crippen molar-refractivity contribution in [3.63, 3.8) is 0 Å². The smallest absolute Gasteiger partial charge is 0.119 e. The number of halogens is 1. The van der Waals surface area contributed by atoms with Gasteiger partial charge in [0.05, 0.1) is 7.11 Å². The number of rotatable bonds is 5. The third kappa shape index (κ3) is 3.65. The SMILES string of the molecule is COc1ccc(NNCc2ccc(Cl)cc2)cc1. The van der Waals surface area contributed by atoms with Crippen LogP contribution >= 0.6 is 11.6 Å². The Bertz CT molecular complexity index is 482. The van der Waals surface area contributed by atoms with Crippen molar-refractivity contribution in [2.24, 2.45) is 0 Å². The van der Waals surface area contributed by atoms with E-state index in [1.807, 2.05) is 48.5 Å². The lowest BCUT2D eigenvalue weighted by molar-refractivity contribution is 0.415. The summed E-state index contributed by atoms with van der Waals surface area (Å²) in [4.78, 5) is 0. The first-order valence-corrected chi connectivity index (χ1v) is 6.03. The lowest BCUT2D eigenvalue weighted by Gasteiger charge is -2.09. The van der Waals surface area contributed by atoms with Crippen molar-refractivity contribution < 1.29 is 4.74 Å². The van der Waals surface area contributed by atoms with E-state index < -0.39 is 0 Å². The van der Waals surface area contributed by atoms with Crippen molar-refractivity contribution in [3.8, 4) is 5.75 Å². The minimum absolute atomic E-state index is 0.725. The van der Waals surface area contributed by atoms with Crippen LogP contribution in [0.5, 0.6) is 5.75 Å². The number of benzene rings is 2. The molecule has 0 atom stereocenters. The van der Waals surface area contributed by atoms with Gasteiger partial charge < -0.3 is 10.2 Å². The molecular formula is C14H15ClN2O. The Morgan fingerprint density at radius 3 is 2.28 bits per heavy atom. The van der Waals surface area contributed by atoms with Gasteiger partial charge in [0.25, 0.3) is 0 Å². The molecule has 2 aromatic carbocycles. The first-order valence-electron chi connectivity index (χ1n) is 5.65. The maximum Gasteiger partial charge on any atom is 0.119 e. The summed E-state index contributed by atoms with van der Waals surface area (Å²) in [5.41, 5.74) is 8.42. The molecule has 18 heavy (non-hydrogen) atoms. The second-order valence-electron chi connectivity index (χ2n) is 3.83. The molecule has 0 saturated heterocycles. The molecule has 0 amide bonds. The van der Waals surface area contributed by atoms with Gasteiger partial charge in [-0.1, -0.05) is 23.7 Å². The first kappa shape index (κ1) is 12.7. The van der Waals surface area contributed by atoms with Gasteiger partial charge in [-0.05, 0) is 42.0 Å². The quantitative estimate of drug-likeness (QED) is 0.810. The standard InChI is InChI=1S/C14H15ClN2O/c1-18-14-8-6-13(7-9-14)17-16-10-11-2-4-12(15)5-3-11/h2-9,16-17H,10H2,1H3. The van der Waals surface area contributed by atoms with Crippen LogP contribution in [0, 0.1) is 0 Å². The van der Waals surface area contributed by atoms with E-state index in [4.69, 9.17) is 16.3 Å². The number of hydrazine groups is 1. The van der Waals surface area contributed by atoms with E-state index in [9.17, 15) is 0 Å². The Morgan fingerprint density at radius 2 is 1.67 bits per heavy atom. The molecule has 0 heterocycles. The highest BCUT2D eigenvalue weighted by Gasteiger charge is 1.94. The van der Waals surface area contributed by atoms with Crippen molar-refractivity contribution in [2.45, 2.75) is 6.54 Å². The Balaban J connectivity index is 1.82. The number of nitrogens with one attached hydrogen (secondary N) is 2. The second-order valence-corrected chi connectivity index (χ2v) is 4.27. The highest BCUT2D eigenvalue weighted by atomic mass is 35.5. The van der Waals surface area contributed by atoms with Crippen molar-refractivity contribution in [3.05, 3.63) is 59.1 Å². The van der Waals surface area contributed by atoms with E-state index in [2.05, 4.69) is 10.9 Å². The van der Waals surface area contributed by atoms with Crippen LogP contribution in [0.1, 0.15) is 5.56 Å². The minimum Gasteiger partial charge on any atom is -0.497 e. The van der Waals surface area contributed by atoms with Crippen molar-refractivity contribution in [1.29, 1.82) is 0 Å². The molecule has 0 saturated carbocycles. The summed E-state index contributed by atoms with van der Waals surface area (Å²) in [5.74, 6) is 0.846. The Morgan fingerprint density at radius 1 is 1.00 bits per heavy atom. The highest BCUT2D eigenvalue weighted by Crippen LogP contribution is 2.14. The summed E-state index contributed by atoms with van der Waals surface area (Å²) in [6, 6.07) is 15.5. The molecular weight excluding hydrogens is 248 g/mol. The normalized spacial score (nSPS) is 10.1. The lowest BCUT2D eigenvalue weighted by atomic mass is 10.2. The van der Waals surface area contributed by atoms with Gasteiger partial charge in [0.1, 0.15) is 5.75 Å². The molecule has 0 radical (unpaired) electrons. The molecule has 4 heteroatoms. The fourth-order valence-corrected chi connectivity index (χ4v) is 1.65. The summed E-state index contributed by atoms with van der Waals surface area (Å²) in [6.45, 7) is 0.725. The van der Waals surface area contributed by atoms with Crippen LogP contribution in [0.4, 0.5) is 5.69 Å². The monoisotopic (exact) mass is 262 g/mol. The zero-order valence-electron chi connectivity index (χ0n) is 10.1. The first-order chi connectivity index (χ1) is 8.78. The summed E-state index contributed by atoms with van der Waals surface area (Å²) in [6.07, 6.45) is 0. The zero-order valence-corrected chi connectivity index (χ0v) is 10.9. The molecule has 0 fully saturated rings. The molecule has 0 bridgehead atoms. The van der Waals surface area contributed by atoms with E-state index >= 15 is 0 Å². The van der Waals surface area contributed by atoms with Crippen LogP contribution < -0.4 is 15.6 Å². The zero-order chi connectivity index (χ0) is 12.8. The Kier molecular flexibility index (Phi) is 4.45. The minimum atomic E-state index is 0.725. The predicted octanol–water partition coefficient (Wildman–Crippen LogP) is 3.47. The number of anilines is 1. The van der Waals surface area contributed by atoms with Crippen LogP contribution in [0.3, 0.4) is 0 Å². The van der Waals surface area contributed by atoms with E-state index in [-0.39, 0.29) is 0 Å². The van der Waals surface area contributed by atoms with Crippen molar-refractivity contribution >= 4 is 17.3 Å². The van der Waals surface area contributed by atoms with Gasteiger partial charge >= 0.3 is 0 Å². The number of hydrogen-bond donors (Lipinski definition) is 2. The Hall–Kier alpha value is -1.71. The Labute approximate surface area is 112 Å². The van der Waals surface area contributed by atoms with E-state index in [0.717, 1.165) is 23.0 Å². The average molecular weight is 263 g/mol. The predicted molar refractivity (Wildman–Crippen MR) is 74.9 cm³/mol. The third-order valence-corrected chi connectivity index (χ3v) is 2.78. The van der Waals surface area contributed by atoms with E-state index in [1.165, 1.54) is 5.56 Å². The molecule has 0 aliphatic carbocycles. The number of ether oxygens (including phenoxy) is 1. The molecule has 2 N–H and O–H groups in total. The molecule has 94 valence electrons. The van der Waals surface area contributed by atoms with E-state index in [1.54, 1.807) is 7.11 Å². The lowest BCUT2D eigenvalue weighted by Crippen LogP contribution is -2.20. The molecule has 0 spiro atoms. The van der Waals surface area contributed by atoms with Crippen molar-refractivity contribution in [1.82, 2.24) is 5.43 Å².